The van der Waals surface area contributed by atoms with E-state index in [2.05, 4.69) is 25.0 Å². The van der Waals surface area contributed by atoms with Gasteiger partial charge in [-0.25, -0.2) is 5.01 Å². The molecule has 128 valence electrons. The molecule has 0 saturated carbocycles. The van der Waals surface area contributed by atoms with Crippen molar-refractivity contribution in [1.29, 1.82) is 0 Å². The van der Waals surface area contributed by atoms with Crippen LogP contribution >= 0.6 is 0 Å². The summed E-state index contributed by atoms with van der Waals surface area (Å²) in [5, 5.41) is 14.4. The van der Waals surface area contributed by atoms with Gasteiger partial charge in [-0.3, -0.25) is 9.59 Å². The van der Waals surface area contributed by atoms with Gasteiger partial charge in [0.05, 0.1) is 13.2 Å². The Hall–Kier alpha value is -2.21. The summed E-state index contributed by atoms with van der Waals surface area (Å²) < 4.78 is 0. The minimum Gasteiger partial charge on any atom is -0.394 e. The van der Waals surface area contributed by atoms with Gasteiger partial charge in [-0.2, -0.15) is 5.10 Å². The minimum absolute atomic E-state index is 0.126. The topological polar surface area (TPSA) is 73.2 Å². The quantitative estimate of drug-likeness (QED) is 0.914. The molecule has 1 aromatic rings. The fourth-order valence-electron chi connectivity index (χ4n) is 3.38. The Labute approximate surface area is 141 Å². The number of para-hydroxylation sites is 1. The predicted molar refractivity (Wildman–Crippen MR) is 91.8 cm³/mol. The lowest BCUT2D eigenvalue weighted by atomic mass is 9.90. The van der Waals surface area contributed by atoms with Crippen molar-refractivity contribution in [2.75, 3.05) is 24.6 Å². The van der Waals surface area contributed by atoms with E-state index in [-0.39, 0.29) is 31.4 Å². The van der Waals surface area contributed by atoms with Gasteiger partial charge in [0.1, 0.15) is 5.71 Å². The minimum atomic E-state index is -0.168. The van der Waals surface area contributed by atoms with E-state index in [1.165, 1.54) is 10.6 Å². The first-order valence-electron chi connectivity index (χ1n) is 8.42. The van der Waals surface area contributed by atoms with E-state index in [0.29, 0.717) is 30.5 Å². The molecule has 1 aromatic carbocycles. The van der Waals surface area contributed by atoms with Crippen molar-refractivity contribution < 1.29 is 14.7 Å². The molecule has 6 nitrogen and oxygen atoms in total. The Balaban J connectivity index is 1.88. The SMILES string of the molecule is CC(C)C1CN(C(=O)C2=NN(CCO)C(=O)CC2)c2ccccc21. The molecule has 0 aromatic heterocycles. The highest BCUT2D eigenvalue weighted by atomic mass is 16.3. The molecule has 0 radical (unpaired) electrons. The molecule has 0 aliphatic carbocycles. The van der Waals surface area contributed by atoms with Gasteiger partial charge in [-0.15, -0.1) is 0 Å². The van der Waals surface area contributed by atoms with Crippen molar-refractivity contribution in [3.63, 3.8) is 0 Å². The van der Waals surface area contributed by atoms with Crippen molar-refractivity contribution in [2.45, 2.75) is 32.6 Å². The molecule has 0 saturated heterocycles. The van der Waals surface area contributed by atoms with Crippen molar-refractivity contribution in [2.24, 2.45) is 11.0 Å². The van der Waals surface area contributed by atoms with Gasteiger partial charge in [0.25, 0.3) is 5.91 Å². The number of carbonyl (C=O) groups is 2. The second-order valence-electron chi connectivity index (χ2n) is 6.61. The highest BCUT2D eigenvalue weighted by molar-refractivity contribution is 6.44. The van der Waals surface area contributed by atoms with Crippen LogP contribution in [0.25, 0.3) is 0 Å². The molecule has 0 fully saturated rings. The third-order valence-corrected chi connectivity index (χ3v) is 4.72. The summed E-state index contributed by atoms with van der Waals surface area (Å²) in [6.45, 7) is 4.92. The van der Waals surface area contributed by atoms with Crippen LogP contribution in [0.15, 0.2) is 29.4 Å². The molecule has 2 aliphatic heterocycles. The number of hydrogen-bond donors (Lipinski definition) is 1. The summed E-state index contributed by atoms with van der Waals surface area (Å²) in [4.78, 5) is 26.6. The average molecular weight is 329 g/mol. The Kier molecular flexibility index (Phi) is 4.66. The number of rotatable bonds is 4. The molecule has 1 N–H and O–H groups in total. The molecule has 0 bridgehead atoms. The van der Waals surface area contributed by atoms with Crippen LogP contribution in [0.1, 0.15) is 38.2 Å². The summed E-state index contributed by atoms with van der Waals surface area (Å²) >= 11 is 0. The highest BCUT2D eigenvalue weighted by Crippen LogP contribution is 2.40. The number of anilines is 1. The Bertz CT molecular complexity index is 684. The summed E-state index contributed by atoms with van der Waals surface area (Å²) in [6, 6.07) is 7.99. The molecule has 24 heavy (non-hydrogen) atoms. The lowest BCUT2D eigenvalue weighted by Crippen LogP contribution is -2.42. The third-order valence-electron chi connectivity index (χ3n) is 4.72. The second-order valence-corrected chi connectivity index (χ2v) is 6.61. The zero-order valence-corrected chi connectivity index (χ0v) is 14.1. The number of amides is 2. The number of hydrogen-bond acceptors (Lipinski definition) is 4. The number of nitrogens with zero attached hydrogens (tertiary/aromatic N) is 3. The highest BCUT2D eigenvalue weighted by Gasteiger charge is 2.36. The number of benzene rings is 1. The van der Waals surface area contributed by atoms with Crippen LogP contribution in [0.4, 0.5) is 5.69 Å². The van der Waals surface area contributed by atoms with Gasteiger partial charge < -0.3 is 10.0 Å². The number of fused-ring (bicyclic) bond motifs is 1. The summed E-state index contributed by atoms with van der Waals surface area (Å²) in [6.07, 6.45) is 0.609. The average Bonchev–Trinajstić information content (AvgIpc) is 2.96. The molecule has 0 spiro atoms. The van der Waals surface area contributed by atoms with E-state index in [1.807, 2.05) is 18.2 Å². The fourth-order valence-corrected chi connectivity index (χ4v) is 3.38. The Morgan fingerprint density at radius 3 is 2.79 bits per heavy atom. The Morgan fingerprint density at radius 1 is 1.33 bits per heavy atom. The number of hydrazone groups is 1. The fraction of sp³-hybridized carbons (Fsp3) is 0.500. The van der Waals surface area contributed by atoms with Crippen molar-refractivity contribution >= 4 is 23.2 Å². The first kappa shape index (κ1) is 16.6. The maximum absolute atomic E-state index is 13.0. The standard InChI is InChI=1S/C18H23N3O3/c1-12(2)14-11-20(16-6-4-3-5-13(14)16)18(24)15-7-8-17(23)21(19-15)9-10-22/h3-6,12,14,22H,7-11H2,1-2H3. The maximum atomic E-state index is 13.0. The van der Waals surface area contributed by atoms with Crippen LogP contribution < -0.4 is 4.90 Å². The molecule has 6 heteroatoms. The van der Waals surface area contributed by atoms with Crippen LogP contribution in [0.3, 0.4) is 0 Å². The van der Waals surface area contributed by atoms with E-state index >= 15 is 0 Å². The van der Waals surface area contributed by atoms with Gasteiger partial charge in [0, 0.05) is 31.0 Å². The maximum Gasteiger partial charge on any atom is 0.274 e. The molecule has 2 aliphatic rings. The van der Waals surface area contributed by atoms with Gasteiger partial charge in [0.2, 0.25) is 5.91 Å². The predicted octanol–water partition coefficient (Wildman–Crippen LogP) is 1.74. The Morgan fingerprint density at radius 2 is 2.08 bits per heavy atom. The second kappa shape index (κ2) is 6.73. The summed E-state index contributed by atoms with van der Waals surface area (Å²) in [5.74, 6) is 0.456. The van der Waals surface area contributed by atoms with Crippen LogP contribution in [0.2, 0.25) is 0 Å². The normalized spacial score (nSPS) is 20.4. The van der Waals surface area contributed by atoms with Gasteiger partial charge in [-0.1, -0.05) is 32.0 Å². The van der Waals surface area contributed by atoms with E-state index in [0.717, 1.165) is 5.69 Å². The smallest absolute Gasteiger partial charge is 0.274 e. The van der Waals surface area contributed by atoms with Gasteiger partial charge in [0.15, 0.2) is 0 Å². The van der Waals surface area contributed by atoms with Gasteiger partial charge in [-0.05, 0) is 17.5 Å². The lowest BCUT2D eigenvalue weighted by Gasteiger charge is -2.25. The van der Waals surface area contributed by atoms with Crippen molar-refractivity contribution in [3.8, 4) is 0 Å². The van der Waals surface area contributed by atoms with E-state index < -0.39 is 0 Å². The van der Waals surface area contributed by atoms with Crippen molar-refractivity contribution in [1.82, 2.24) is 5.01 Å². The van der Waals surface area contributed by atoms with E-state index in [1.54, 1.807) is 4.90 Å². The third kappa shape index (κ3) is 2.94. The molecule has 2 amide bonds. The number of carbonyl (C=O) groups excluding carboxylic acids is 2. The summed E-state index contributed by atoms with van der Waals surface area (Å²) in [5.41, 5.74) is 2.53. The monoisotopic (exact) mass is 329 g/mol. The molecule has 1 unspecified atom stereocenters. The zero-order valence-electron chi connectivity index (χ0n) is 14.1. The van der Waals surface area contributed by atoms with E-state index in [9.17, 15) is 9.59 Å². The van der Waals surface area contributed by atoms with Crippen LogP contribution in [-0.4, -0.2) is 47.3 Å². The van der Waals surface area contributed by atoms with E-state index in [4.69, 9.17) is 5.11 Å². The van der Waals surface area contributed by atoms with Crippen molar-refractivity contribution in [3.05, 3.63) is 29.8 Å². The molecule has 3 rings (SSSR count). The first-order valence-corrected chi connectivity index (χ1v) is 8.42. The van der Waals surface area contributed by atoms with Gasteiger partial charge >= 0.3 is 0 Å². The van der Waals surface area contributed by atoms with Crippen LogP contribution in [0.5, 0.6) is 0 Å². The summed E-state index contributed by atoms with van der Waals surface area (Å²) in [7, 11) is 0. The largest absolute Gasteiger partial charge is 0.394 e. The van der Waals surface area contributed by atoms with Crippen LogP contribution in [-0.2, 0) is 9.59 Å². The lowest BCUT2D eigenvalue weighted by molar-refractivity contribution is -0.132. The zero-order chi connectivity index (χ0) is 17.3. The number of β-amino-alcohol motifs (C(OH)–C–C–N with tert-alkyl or cyclic N) is 1. The number of aliphatic hydroxyl groups excluding tert-OH is 1. The number of aliphatic hydroxyl groups is 1. The molecule has 1 atom stereocenters. The molecule has 2 heterocycles. The van der Waals surface area contributed by atoms with Crippen LogP contribution in [0, 0.1) is 5.92 Å². The first-order chi connectivity index (χ1) is 11.5. The molecular weight excluding hydrogens is 306 g/mol. The molecular formula is C18H23N3O3.